The summed E-state index contributed by atoms with van der Waals surface area (Å²) in [5.74, 6) is 2.00. The number of ether oxygens (including phenoxy) is 1. The summed E-state index contributed by atoms with van der Waals surface area (Å²) in [5.41, 5.74) is 0. The van der Waals surface area contributed by atoms with Gasteiger partial charge in [-0.05, 0) is 48.9 Å². The van der Waals surface area contributed by atoms with Crippen LogP contribution in [0.15, 0.2) is 29.2 Å². The zero-order valence-corrected chi connectivity index (χ0v) is 13.8. The number of nitrogens with one attached hydrogen (secondary N) is 1. The fourth-order valence-electron chi connectivity index (χ4n) is 2.81. The van der Waals surface area contributed by atoms with Crippen molar-refractivity contribution in [2.45, 2.75) is 30.6 Å². The Hall–Kier alpha value is -0.780. The minimum atomic E-state index is -3.46. The normalized spacial score (nSPS) is 23.0. The van der Waals surface area contributed by atoms with Crippen molar-refractivity contribution >= 4 is 21.6 Å². The molecule has 1 aromatic rings. The Balaban J connectivity index is 1.99. The number of halogens is 1. The lowest BCUT2D eigenvalue weighted by Crippen LogP contribution is -2.34. The SMILES string of the molecule is COc1ccc(S(=O)(=O)NCC2CCCCC2CCl)cc1. The molecule has 0 radical (unpaired) electrons. The van der Waals surface area contributed by atoms with Crippen LogP contribution in [0, 0.1) is 11.8 Å². The van der Waals surface area contributed by atoms with Gasteiger partial charge in [-0.25, -0.2) is 13.1 Å². The Labute approximate surface area is 131 Å². The first-order valence-corrected chi connectivity index (χ1v) is 9.28. The fourth-order valence-corrected chi connectivity index (χ4v) is 4.31. The van der Waals surface area contributed by atoms with E-state index in [-0.39, 0.29) is 4.90 Å². The second-order valence-corrected chi connectivity index (χ2v) is 7.56. The van der Waals surface area contributed by atoms with Gasteiger partial charge in [0.05, 0.1) is 12.0 Å². The van der Waals surface area contributed by atoms with Crippen LogP contribution in [0.4, 0.5) is 0 Å². The highest BCUT2D eigenvalue weighted by molar-refractivity contribution is 7.89. The maximum absolute atomic E-state index is 12.3. The second kappa shape index (κ2) is 7.47. The number of sulfonamides is 1. The van der Waals surface area contributed by atoms with Gasteiger partial charge in [0.1, 0.15) is 5.75 Å². The maximum atomic E-state index is 12.3. The van der Waals surface area contributed by atoms with Gasteiger partial charge in [0.25, 0.3) is 0 Å². The monoisotopic (exact) mass is 331 g/mol. The summed E-state index contributed by atoms with van der Waals surface area (Å²) < 4.78 is 32.3. The van der Waals surface area contributed by atoms with Crippen molar-refractivity contribution in [3.8, 4) is 5.75 Å². The largest absolute Gasteiger partial charge is 0.497 e. The predicted molar refractivity (Wildman–Crippen MR) is 84.4 cm³/mol. The topological polar surface area (TPSA) is 55.4 Å². The molecule has 1 aromatic carbocycles. The van der Waals surface area contributed by atoms with Crippen LogP contribution in [0.3, 0.4) is 0 Å². The summed E-state index contributed by atoms with van der Waals surface area (Å²) in [7, 11) is -1.91. The molecule has 0 heterocycles. The van der Waals surface area contributed by atoms with Crippen LogP contribution in [0.1, 0.15) is 25.7 Å². The van der Waals surface area contributed by atoms with Crippen molar-refractivity contribution < 1.29 is 13.2 Å². The zero-order valence-electron chi connectivity index (χ0n) is 12.2. The quantitative estimate of drug-likeness (QED) is 0.815. The van der Waals surface area contributed by atoms with Crippen LogP contribution >= 0.6 is 11.6 Å². The van der Waals surface area contributed by atoms with E-state index in [1.807, 2.05) is 0 Å². The van der Waals surface area contributed by atoms with Gasteiger partial charge in [-0.15, -0.1) is 11.6 Å². The summed E-state index contributed by atoms with van der Waals surface area (Å²) >= 11 is 5.98. The average Bonchev–Trinajstić information content (AvgIpc) is 2.53. The van der Waals surface area contributed by atoms with E-state index in [1.165, 1.54) is 6.42 Å². The minimum absolute atomic E-state index is 0.265. The Morgan fingerprint density at radius 2 is 1.81 bits per heavy atom. The smallest absolute Gasteiger partial charge is 0.240 e. The Morgan fingerprint density at radius 3 is 2.38 bits per heavy atom. The molecule has 2 rings (SSSR count). The average molecular weight is 332 g/mol. The molecule has 0 spiro atoms. The van der Waals surface area contributed by atoms with E-state index >= 15 is 0 Å². The number of hydrogen-bond acceptors (Lipinski definition) is 3. The molecule has 0 bridgehead atoms. The molecule has 4 nitrogen and oxygen atoms in total. The molecular formula is C15H22ClNO3S. The molecule has 0 aliphatic heterocycles. The standard InChI is InChI=1S/C15H22ClNO3S/c1-20-14-6-8-15(9-7-14)21(18,19)17-11-13-5-3-2-4-12(13)10-16/h6-9,12-13,17H,2-5,10-11H2,1H3. The molecule has 21 heavy (non-hydrogen) atoms. The summed E-state index contributed by atoms with van der Waals surface area (Å²) in [6, 6.07) is 6.41. The van der Waals surface area contributed by atoms with E-state index < -0.39 is 10.0 Å². The number of alkyl halides is 1. The molecule has 118 valence electrons. The van der Waals surface area contributed by atoms with Crippen LogP contribution in [0.25, 0.3) is 0 Å². The number of rotatable bonds is 6. The molecule has 0 saturated heterocycles. The highest BCUT2D eigenvalue weighted by Gasteiger charge is 2.26. The van der Waals surface area contributed by atoms with E-state index in [2.05, 4.69) is 4.72 Å². The van der Waals surface area contributed by atoms with Crippen LogP contribution in [-0.2, 0) is 10.0 Å². The molecular weight excluding hydrogens is 310 g/mol. The zero-order chi connectivity index (χ0) is 15.3. The maximum Gasteiger partial charge on any atom is 0.240 e. The first kappa shape index (κ1) is 16.6. The molecule has 6 heteroatoms. The third-order valence-corrected chi connectivity index (χ3v) is 6.01. The lowest BCUT2D eigenvalue weighted by Gasteiger charge is -2.30. The van der Waals surface area contributed by atoms with Gasteiger partial charge in [-0.3, -0.25) is 0 Å². The minimum Gasteiger partial charge on any atom is -0.497 e. The molecule has 2 unspecified atom stereocenters. The number of methoxy groups -OCH3 is 1. The fraction of sp³-hybridized carbons (Fsp3) is 0.600. The lowest BCUT2D eigenvalue weighted by molar-refractivity contribution is 0.260. The first-order chi connectivity index (χ1) is 10.1. The van der Waals surface area contributed by atoms with Crippen molar-refractivity contribution in [2.75, 3.05) is 19.5 Å². The van der Waals surface area contributed by atoms with Gasteiger partial charge in [-0.1, -0.05) is 12.8 Å². The van der Waals surface area contributed by atoms with E-state index in [9.17, 15) is 8.42 Å². The Kier molecular flexibility index (Phi) is 5.90. The molecule has 1 aliphatic rings. The van der Waals surface area contributed by atoms with E-state index in [0.29, 0.717) is 30.0 Å². The molecule has 1 fully saturated rings. The summed E-state index contributed by atoms with van der Waals surface area (Å²) in [4.78, 5) is 0.265. The number of hydrogen-bond donors (Lipinski definition) is 1. The van der Waals surface area contributed by atoms with Crippen LogP contribution < -0.4 is 9.46 Å². The third-order valence-electron chi connectivity index (χ3n) is 4.17. The summed E-state index contributed by atoms with van der Waals surface area (Å²) in [5, 5.41) is 0. The van der Waals surface area contributed by atoms with Gasteiger partial charge in [0.2, 0.25) is 10.0 Å². The van der Waals surface area contributed by atoms with Crippen LogP contribution in [0.5, 0.6) is 5.75 Å². The van der Waals surface area contributed by atoms with E-state index in [4.69, 9.17) is 16.3 Å². The Morgan fingerprint density at radius 1 is 1.19 bits per heavy atom. The highest BCUT2D eigenvalue weighted by atomic mass is 35.5. The van der Waals surface area contributed by atoms with Gasteiger partial charge < -0.3 is 4.74 Å². The van der Waals surface area contributed by atoms with E-state index in [1.54, 1.807) is 31.4 Å². The molecule has 1 saturated carbocycles. The first-order valence-electron chi connectivity index (χ1n) is 7.26. The summed E-state index contributed by atoms with van der Waals surface area (Å²) in [6.07, 6.45) is 4.49. The summed E-state index contributed by atoms with van der Waals surface area (Å²) in [6.45, 7) is 0.464. The second-order valence-electron chi connectivity index (χ2n) is 5.49. The van der Waals surface area contributed by atoms with Crippen molar-refractivity contribution in [1.82, 2.24) is 4.72 Å². The van der Waals surface area contributed by atoms with Gasteiger partial charge in [0.15, 0.2) is 0 Å². The van der Waals surface area contributed by atoms with Crippen LogP contribution in [-0.4, -0.2) is 28.0 Å². The van der Waals surface area contributed by atoms with Gasteiger partial charge in [0, 0.05) is 12.4 Å². The highest BCUT2D eigenvalue weighted by Crippen LogP contribution is 2.30. The predicted octanol–water partition coefficient (Wildman–Crippen LogP) is 3.02. The van der Waals surface area contributed by atoms with Crippen molar-refractivity contribution in [3.63, 3.8) is 0 Å². The molecule has 2 atom stereocenters. The van der Waals surface area contributed by atoms with Crippen molar-refractivity contribution in [2.24, 2.45) is 11.8 Å². The molecule has 1 aliphatic carbocycles. The van der Waals surface area contributed by atoms with Crippen LogP contribution in [0.2, 0.25) is 0 Å². The lowest BCUT2D eigenvalue weighted by atomic mass is 9.80. The van der Waals surface area contributed by atoms with Crippen molar-refractivity contribution in [1.29, 1.82) is 0 Å². The number of benzene rings is 1. The Bertz CT molecular complexity index is 545. The molecule has 0 amide bonds. The third kappa shape index (κ3) is 4.34. The molecule has 1 N–H and O–H groups in total. The van der Waals surface area contributed by atoms with Gasteiger partial charge >= 0.3 is 0 Å². The van der Waals surface area contributed by atoms with E-state index in [0.717, 1.165) is 19.3 Å². The van der Waals surface area contributed by atoms with Gasteiger partial charge in [-0.2, -0.15) is 0 Å². The van der Waals surface area contributed by atoms with Crippen molar-refractivity contribution in [3.05, 3.63) is 24.3 Å². The molecule has 0 aromatic heterocycles.